The van der Waals surface area contributed by atoms with Gasteiger partial charge in [0.1, 0.15) is 0 Å². The van der Waals surface area contributed by atoms with Crippen molar-refractivity contribution in [3.63, 3.8) is 0 Å². The van der Waals surface area contributed by atoms with Crippen LogP contribution in [0.1, 0.15) is 32.6 Å². The highest BCUT2D eigenvalue weighted by Crippen LogP contribution is 2.23. The summed E-state index contributed by atoms with van der Waals surface area (Å²) in [6.45, 7) is 9.69. The molecule has 2 aromatic rings. The normalized spacial score (nSPS) is 12.0. The van der Waals surface area contributed by atoms with Crippen molar-refractivity contribution in [1.82, 2.24) is 0 Å². The molecule has 0 amide bonds. The molecule has 3 nitrogen and oxygen atoms in total. The highest BCUT2D eigenvalue weighted by molar-refractivity contribution is 7.48. The van der Waals surface area contributed by atoms with Crippen molar-refractivity contribution in [1.29, 1.82) is 0 Å². The van der Waals surface area contributed by atoms with Crippen molar-refractivity contribution in [3.8, 4) is 0 Å². The average molecular weight is 328 g/mol. The van der Waals surface area contributed by atoms with Crippen LogP contribution in [0.4, 0.5) is 0 Å². The maximum atomic E-state index is 12.7. The van der Waals surface area contributed by atoms with E-state index in [4.69, 9.17) is 4.52 Å². The molecule has 23 heavy (non-hydrogen) atoms. The summed E-state index contributed by atoms with van der Waals surface area (Å²) in [6.07, 6.45) is 1.56. The molecule has 0 heterocycles. The van der Waals surface area contributed by atoms with E-state index >= 15 is 0 Å². The van der Waals surface area contributed by atoms with Crippen LogP contribution in [-0.4, -0.2) is 12.4 Å². The minimum absolute atomic E-state index is 0.0155. The Morgan fingerprint density at radius 3 is 2.22 bits per heavy atom. The Labute approximate surface area is 137 Å². The largest absolute Gasteiger partial charge is 0.323 e. The summed E-state index contributed by atoms with van der Waals surface area (Å²) in [4.78, 5) is 12.7. The maximum absolute atomic E-state index is 12.7. The lowest BCUT2D eigenvalue weighted by Gasteiger charge is -2.11. The molecule has 0 aliphatic carbocycles. The third-order valence-electron chi connectivity index (χ3n) is 3.62. The second-order valence-electron chi connectivity index (χ2n) is 5.57. The zero-order valence-corrected chi connectivity index (χ0v) is 14.7. The van der Waals surface area contributed by atoms with Crippen molar-refractivity contribution < 1.29 is 13.9 Å². The molecule has 0 bridgehead atoms. The molecule has 0 spiro atoms. The number of aryl methyl sites for hydroxylation is 3. The van der Waals surface area contributed by atoms with E-state index < -0.39 is 8.03 Å². The Hall–Kier alpha value is -1.96. The van der Waals surface area contributed by atoms with Gasteiger partial charge in [0.15, 0.2) is 5.78 Å². The fourth-order valence-electron chi connectivity index (χ4n) is 2.66. The van der Waals surface area contributed by atoms with Gasteiger partial charge in [-0.2, -0.15) is 0 Å². The molecule has 0 aliphatic rings. The van der Waals surface area contributed by atoms with Crippen molar-refractivity contribution in [2.24, 2.45) is 0 Å². The Morgan fingerprint density at radius 2 is 1.70 bits per heavy atom. The molecule has 0 saturated heterocycles. The summed E-state index contributed by atoms with van der Waals surface area (Å²) < 4.78 is 17.1. The molecule has 1 unspecified atom stereocenters. The van der Waals surface area contributed by atoms with E-state index in [0.29, 0.717) is 10.9 Å². The van der Waals surface area contributed by atoms with E-state index in [1.807, 2.05) is 32.9 Å². The molecule has 0 saturated carbocycles. The van der Waals surface area contributed by atoms with Gasteiger partial charge >= 0.3 is 0 Å². The quantitative estimate of drug-likeness (QED) is 0.455. The first-order valence-corrected chi connectivity index (χ1v) is 8.76. The summed E-state index contributed by atoms with van der Waals surface area (Å²) in [6, 6.07) is 10.8. The van der Waals surface area contributed by atoms with Crippen LogP contribution in [0.3, 0.4) is 0 Å². The Kier molecular flexibility index (Phi) is 5.70. The van der Waals surface area contributed by atoms with Crippen LogP contribution in [0.5, 0.6) is 0 Å². The fourth-order valence-corrected chi connectivity index (χ4v) is 3.53. The van der Waals surface area contributed by atoms with Gasteiger partial charge < -0.3 is 4.52 Å². The summed E-state index contributed by atoms with van der Waals surface area (Å²) in [5, 5.41) is 0.603. The number of rotatable bonds is 6. The summed E-state index contributed by atoms with van der Waals surface area (Å²) in [7, 11) is -2.29. The highest BCUT2D eigenvalue weighted by Gasteiger charge is 2.15. The number of carbonyl (C=O) groups is 1. The molecule has 2 rings (SSSR count). The molecule has 4 heteroatoms. The molecule has 0 aliphatic heterocycles. The fraction of sp³-hybridized carbons (Fsp3) is 0.211. The van der Waals surface area contributed by atoms with Crippen LogP contribution >= 0.6 is 8.03 Å². The molecule has 1 atom stereocenters. The molecule has 2 aromatic carbocycles. The second-order valence-corrected chi connectivity index (χ2v) is 7.01. The van der Waals surface area contributed by atoms with E-state index in [0.717, 1.165) is 22.3 Å². The van der Waals surface area contributed by atoms with Crippen LogP contribution in [-0.2, 0) is 9.09 Å². The molecule has 0 N–H and O–H groups in total. The van der Waals surface area contributed by atoms with Gasteiger partial charge in [-0.3, -0.25) is 9.36 Å². The lowest BCUT2D eigenvalue weighted by molar-refractivity contribution is 0.103. The van der Waals surface area contributed by atoms with Crippen molar-refractivity contribution in [3.05, 3.63) is 76.9 Å². The van der Waals surface area contributed by atoms with E-state index in [-0.39, 0.29) is 12.4 Å². The molecule has 0 radical (unpaired) electrons. The minimum Gasteiger partial charge on any atom is -0.323 e. The number of hydrogen-bond acceptors (Lipinski definition) is 3. The van der Waals surface area contributed by atoms with Crippen molar-refractivity contribution >= 4 is 19.1 Å². The topological polar surface area (TPSA) is 43.4 Å². The van der Waals surface area contributed by atoms with Gasteiger partial charge in [0.25, 0.3) is 0 Å². The molecule has 120 valence electrons. The molecule has 0 fully saturated rings. The second kappa shape index (κ2) is 7.54. The number of benzene rings is 2. The molecular weight excluding hydrogens is 307 g/mol. The Balaban J connectivity index is 2.28. The first kappa shape index (κ1) is 17.4. The third kappa shape index (κ3) is 4.07. The maximum Gasteiger partial charge on any atom is 0.220 e. The van der Waals surface area contributed by atoms with Gasteiger partial charge in [0.2, 0.25) is 8.03 Å². The number of carbonyl (C=O) groups excluding carboxylic acids is 1. The Morgan fingerprint density at radius 1 is 1.13 bits per heavy atom. The van der Waals surface area contributed by atoms with Crippen LogP contribution in [0, 0.1) is 20.8 Å². The minimum atomic E-state index is -2.29. The SMILES string of the molecule is C=CCO[PH](=O)c1ccc(C(=O)c2c(C)cc(C)cc2C)cc1. The average Bonchev–Trinajstić information content (AvgIpc) is 2.51. The van der Waals surface area contributed by atoms with Gasteiger partial charge in [0, 0.05) is 16.4 Å². The lowest BCUT2D eigenvalue weighted by atomic mass is 9.93. The number of ketones is 1. The van der Waals surface area contributed by atoms with Crippen LogP contribution in [0.25, 0.3) is 0 Å². The highest BCUT2D eigenvalue weighted by atomic mass is 31.1. The molecular formula is C19H21O3P. The first-order valence-electron chi connectivity index (χ1n) is 7.44. The van der Waals surface area contributed by atoms with E-state index in [1.54, 1.807) is 30.3 Å². The first-order chi connectivity index (χ1) is 10.9. The predicted octanol–water partition coefficient (Wildman–Crippen LogP) is 4.15. The van der Waals surface area contributed by atoms with Gasteiger partial charge in [0.05, 0.1) is 6.61 Å². The summed E-state index contributed by atoms with van der Waals surface area (Å²) in [5.41, 5.74) is 4.41. The summed E-state index contributed by atoms with van der Waals surface area (Å²) in [5.74, 6) is -0.0155. The Bertz CT molecular complexity index is 738. The summed E-state index contributed by atoms with van der Waals surface area (Å²) >= 11 is 0. The standard InChI is InChI=1S/C19H21O3P/c1-5-10-22-23(21)17-8-6-16(7-9-17)19(20)18-14(3)11-13(2)12-15(18)4/h5-9,11-12,23H,1,10H2,2-4H3. The molecule has 0 aromatic heterocycles. The monoisotopic (exact) mass is 328 g/mol. The van der Waals surface area contributed by atoms with Crippen LogP contribution in [0.15, 0.2) is 49.1 Å². The van der Waals surface area contributed by atoms with E-state index in [1.165, 1.54) is 0 Å². The van der Waals surface area contributed by atoms with E-state index in [9.17, 15) is 9.36 Å². The number of hydrogen-bond donors (Lipinski definition) is 0. The lowest BCUT2D eigenvalue weighted by Crippen LogP contribution is -2.08. The van der Waals surface area contributed by atoms with Gasteiger partial charge in [-0.15, -0.1) is 6.58 Å². The zero-order valence-electron chi connectivity index (χ0n) is 13.7. The van der Waals surface area contributed by atoms with Gasteiger partial charge in [-0.25, -0.2) is 0 Å². The predicted molar refractivity (Wildman–Crippen MR) is 95.3 cm³/mol. The van der Waals surface area contributed by atoms with E-state index in [2.05, 4.69) is 6.58 Å². The third-order valence-corrected chi connectivity index (χ3v) is 4.85. The van der Waals surface area contributed by atoms with Gasteiger partial charge in [-0.1, -0.05) is 35.9 Å². The zero-order chi connectivity index (χ0) is 17.0. The van der Waals surface area contributed by atoms with Gasteiger partial charge in [-0.05, 0) is 44.0 Å². The van der Waals surface area contributed by atoms with Crippen LogP contribution in [0.2, 0.25) is 0 Å². The van der Waals surface area contributed by atoms with Crippen LogP contribution < -0.4 is 5.30 Å². The smallest absolute Gasteiger partial charge is 0.220 e. The van der Waals surface area contributed by atoms with Crippen molar-refractivity contribution in [2.75, 3.05) is 6.61 Å². The van der Waals surface area contributed by atoms with Crippen molar-refractivity contribution in [2.45, 2.75) is 20.8 Å².